The Balaban J connectivity index is 2.08. The Hall–Kier alpha value is -1.65. The van der Waals surface area contributed by atoms with Gasteiger partial charge in [-0.25, -0.2) is 0 Å². The molecular weight excluding hydrogens is 290 g/mol. The summed E-state index contributed by atoms with van der Waals surface area (Å²) < 4.78 is 2.07. The van der Waals surface area contributed by atoms with Gasteiger partial charge < -0.3 is 0 Å². The number of aryl methyl sites for hydroxylation is 1. The summed E-state index contributed by atoms with van der Waals surface area (Å²) in [4.78, 5) is 1.27. The lowest BCUT2D eigenvalue weighted by Crippen LogP contribution is -2.06. The number of hydrogen-bond donors (Lipinski definition) is 0. The minimum Gasteiger partial charge on any atom is -0.281 e. The molecule has 0 spiro atoms. The van der Waals surface area contributed by atoms with E-state index in [1.54, 1.807) is 11.3 Å². The lowest BCUT2D eigenvalue weighted by molar-refractivity contribution is 0.885. The van der Waals surface area contributed by atoms with Gasteiger partial charge in [0.05, 0.1) is 11.6 Å². The second kappa shape index (κ2) is 5.77. The van der Waals surface area contributed by atoms with Crippen molar-refractivity contribution in [1.82, 2.24) is 14.8 Å². The Morgan fingerprint density at radius 2 is 1.90 bits per heavy atom. The van der Waals surface area contributed by atoms with Crippen molar-refractivity contribution >= 4 is 22.9 Å². The molecule has 0 amide bonds. The minimum absolute atomic E-state index is 0.353. The molecule has 0 radical (unpaired) electrons. The predicted molar refractivity (Wildman–Crippen MR) is 82.8 cm³/mol. The fourth-order valence-corrected chi connectivity index (χ4v) is 3.09. The molecule has 0 fully saturated rings. The van der Waals surface area contributed by atoms with E-state index < -0.39 is 0 Å². The van der Waals surface area contributed by atoms with Gasteiger partial charge in [-0.05, 0) is 30.0 Å². The largest absolute Gasteiger partial charge is 0.281 e. The molecule has 0 atom stereocenters. The highest BCUT2D eigenvalue weighted by molar-refractivity contribution is 7.09. The zero-order valence-electron chi connectivity index (χ0n) is 11.1. The van der Waals surface area contributed by atoms with E-state index in [-0.39, 0.29) is 0 Å². The van der Waals surface area contributed by atoms with E-state index in [1.807, 2.05) is 12.1 Å². The molecule has 102 valence electrons. The van der Waals surface area contributed by atoms with Crippen LogP contribution in [0.5, 0.6) is 0 Å². The van der Waals surface area contributed by atoms with Gasteiger partial charge in [0, 0.05) is 11.3 Å². The van der Waals surface area contributed by atoms with Gasteiger partial charge in [-0.2, -0.15) is 0 Å². The van der Waals surface area contributed by atoms with E-state index in [2.05, 4.69) is 51.3 Å². The zero-order chi connectivity index (χ0) is 13.9. The second-order valence-electron chi connectivity index (χ2n) is 4.54. The fraction of sp³-hybridized carbons (Fsp3) is 0.200. The van der Waals surface area contributed by atoms with Gasteiger partial charge in [0.2, 0.25) is 0 Å². The lowest BCUT2D eigenvalue weighted by atomic mass is 10.2. The van der Waals surface area contributed by atoms with Crippen molar-refractivity contribution in [2.75, 3.05) is 0 Å². The van der Waals surface area contributed by atoms with Crippen molar-refractivity contribution in [3.63, 3.8) is 0 Å². The molecule has 0 unspecified atom stereocenters. The topological polar surface area (TPSA) is 30.7 Å². The van der Waals surface area contributed by atoms with Crippen LogP contribution in [-0.4, -0.2) is 14.8 Å². The highest BCUT2D eigenvalue weighted by atomic mass is 35.5. The van der Waals surface area contributed by atoms with Crippen LogP contribution in [0.15, 0.2) is 41.8 Å². The van der Waals surface area contributed by atoms with Crippen LogP contribution in [0.25, 0.3) is 5.69 Å². The molecule has 0 saturated carbocycles. The fourth-order valence-electron chi connectivity index (χ4n) is 2.22. The maximum absolute atomic E-state index is 6.01. The van der Waals surface area contributed by atoms with E-state index in [0.29, 0.717) is 5.88 Å². The summed E-state index contributed by atoms with van der Waals surface area (Å²) in [6, 6.07) is 12.4. The number of para-hydroxylation sites is 1. The Labute approximate surface area is 126 Å². The maximum atomic E-state index is 6.01. The molecule has 0 aliphatic carbocycles. The van der Waals surface area contributed by atoms with E-state index in [4.69, 9.17) is 11.6 Å². The summed E-state index contributed by atoms with van der Waals surface area (Å²) in [5, 5.41) is 10.6. The summed E-state index contributed by atoms with van der Waals surface area (Å²) in [6.07, 6.45) is 0.774. The first-order chi connectivity index (χ1) is 9.79. The third kappa shape index (κ3) is 2.49. The first kappa shape index (κ1) is 13.3. The standard InChI is InChI=1S/C15H14ClN3S/c1-11-5-2-3-7-13(11)19-14(17-18-15(19)10-16)9-12-6-4-8-20-12/h2-8H,9-10H2,1H3. The number of alkyl halides is 1. The Morgan fingerprint density at radius 1 is 1.10 bits per heavy atom. The molecule has 0 aliphatic heterocycles. The lowest BCUT2D eigenvalue weighted by Gasteiger charge is -2.11. The first-order valence-electron chi connectivity index (χ1n) is 6.37. The Bertz CT molecular complexity index is 704. The second-order valence-corrected chi connectivity index (χ2v) is 5.84. The SMILES string of the molecule is Cc1ccccc1-n1c(CCl)nnc1Cc1cccs1. The van der Waals surface area contributed by atoms with E-state index in [0.717, 1.165) is 23.8 Å². The van der Waals surface area contributed by atoms with Crippen LogP contribution < -0.4 is 0 Å². The van der Waals surface area contributed by atoms with Crippen molar-refractivity contribution in [2.24, 2.45) is 0 Å². The molecule has 1 aromatic carbocycles. The third-order valence-electron chi connectivity index (χ3n) is 3.19. The Kier molecular flexibility index (Phi) is 3.85. The van der Waals surface area contributed by atoms with Crippen LogP contribution in [0.4, 0.5) is 0 Å². The van der Waals surface area contributed by atoms with Gasteiger partial charge in [0.1, 0.15) is 5.82 Å². The van der Waals surface area contributed by atoms with Crippen molar-refractivity contribution in [3.8, 4) is 5.69 Å². The molecule has 2 aromatic heterocycles. The average Bonchev–Trinajstić information content (AvgIpc) is 3.09. The highest BCUT2D eigenvalue weighted by Crippen LogP contribution is 2.21. The normalized spacial score (nSPS) is 10.9. The molecule has 0 N–H and O–H groups in total. The quantitative estimate of drug-likeness (QED) is 0.683. The van der Waals surface area contributed by atoms with E-state index >= 15 is 0 Å². The van der Waals surface area contributed by atoms with Crippen LogP contribution >= 0.6 is 22.9 Å². The van der Waals surface area contributed by atoms with E-state index in [1.165, 1.54) is 10.4 Å². The molecule has 5 heteroatoms. The van der Waals surface area contributed by atoms with Crippen LogP contribution in [0.2, 0.25) is 0 Å². The molecule has 0 bridgehead atoms. The molecule has 0 saturated heterocycles. The minimum atomic E-state index is 0.353. The molecule has 0 aliphatic rings. The van der Waals surface area contributed by atoms with Crippen molar-refractivity contribution < 1.29 is 0 Å². The van der Waals surface area contributed by atoms with Gasteiger partial charge in [0.25, 0.3) is 0 Å². The number of halogens is 1. The Morgan fingerprint density at radius 3 is 2.60 bits per heavy atom. The number of thiophene rings is 1. The smallest absolute Gasteiger partial charge is 0.152 e. The zero-order valence-corrected chi connectivity index (χ0v) is 12.7. The third-order valence-corrected chi connectivity index (χ3v) is 4.30. The van der Waals surface area contributed by atoms with E-state index in [9.17, 15) is 0 Å². The van der Waals surface area contributed by atoms with Gasteiger partial charge in [-0.1, -0.05) is 24.3 Å². The van der Waals surface area contributed by atoms with Crippen molar-refractivity contribution in [3.05, 3.63) is 63.9 Å². The maximum Gasteiger partial charge on any atom is 0.152 e. The molecule has 3 rings (SSSR count). The predicted octanol–water partition coefficient (Wildman–Crippen LogP) is 3.97. The number of aromatic nitrogens is 3. The van der Waals surface area contributed by atoms with Crippen molar-refractivity contribution in [2.45, 2.75) is 19.2 Å². The summed E-state index contributed by atoms with van der Waals surface area (Å²) in [5.74, 6) is 2.07. The molecule has 20 heavy (non-hydrogen) atoms. The number of nitrogens with zero attached hydrogens (tertiary/aromatic N) is 3. The first-order valence-corrected chi connectivity index (χ1v) is 7.78. The van der Waals surface area contributed by atoms with Crippen molar-refractivity contribution in [1.29, 1.82) is 0 Å². The van der Waals surface area contributed by atoms with Gasteiger partial charge in [-0.15, -0.1) is 33.1 Å². The van der Waals surface area contributed by atoms with Gasteiger partial charge in [0.15, 0.2) is 5.82 Å². The number of rotatable bonds is 4. The molecule has 3 nitrogen and oxygen atoms in total. The average molecular weight is 304 g/mol. The van der Waals surface area contributed by atoms with Crippen LogP contribution in [0.1, 0.15) is 22.1 Å². The van der Waals surface area contributed by atoms with Crippen LogP contribution in [0, 0.1) is 6.92 Å². The summed E-state index contributed by atoms with van der Waals surface area (Å²) >= 11 is 7.74. The molecule has 2 heterocycles. The molecule has 3 aromatic rings. The van der Waals surface area contributed by atoms with Crippen LogP contribution in [0.3, 0.4) is 0 Å². The summed E-state index contributed by atoms with van der Waals surface area (Å²) in [7, 11) is 0. The van der Waals surface area contributed by atoms with Crippen LogP contribution in [-0.2, 0) is 12.3 Å². The number of hydrogen-bond acceptors (Lipinski definition) is 3. The number of benzene rings is 1. The monoisotopic (exact) mass is 303 g/mol. The summed E-state index contributed by atoms with van der Waals surface area (Å²) in [6.45, 7) is 2.09. The summed E-state index contributed by atoms with van der Waals surface area (Å²) in [5.41, 5.74) is 2.28. The molecular formula is C15H14ClN3S. The highest BCUT2D eigenvalue weighted by Gasteiger charge is 2.15. The van der Waals surface area contributed by atoms with Gasteiger partial charge in [-0.3, -0.25) is 4.57 Å². The van der Waals surface area contributed by atoms with Gasteiger partial charge >= 0.3 is 0 Å².